The minimum absolute atomic E-state index is 0.0901. The molecular formula is C20H22N4O2. The van der Waals surface area contributed by atoms with E-state index in [2.05, 4.69) is 15.5 Å². The number of carbonyl (C=O) groups excluding carboxylic acids is 1. The predicted octanol–water partition coefficient (Wildman–Crippen LogP) is 3.68. The van der Waals surface area contributed by atoms with Gasteiger partial charge in [0, 0.05) is 17.8 Å². The van der Waals surface area contributed by atoms with E-state index in [1.54, 1.807) is 6.33 Å². The summed E-state index contributed by atoms with van der Waals surface area (Å²) in [6.07, 6.45) is 1.98. The van der Waals surface area contributed by atoms with Gasteiger partial charge in [-0.15, -0.1) is 10.2 Å². The molecule has 0 atom stereocenters. The van der Waals surface area contributed by atoms with E-state index >= 15 is 0 Å². The van der Waals surface area contributed by atoms with Gasteiger partial charge in [-0.2, -0.15) is 0 Å². The van der Waals surface area contributed by atoms with Crippen molar-refractivity contribution in [3.8, 4) is 17.1 Å². The molecule has 1 aromatic heterocycles. The molecule has 6 heteroatoms. The van der Waals surface area contributed by atoms with Crippen LogP contribution in [0.5, 0.6) is 5.75 Å². The SMILES string of the molecule is CCn1cnnc1-c1cccc(NC(=O)CCOc2ccccc2C)c1. The van der Waals surface area contributed by atoms with Crippen LogP contribution in [0.1, 0.15) is 18.9 Å². The van der Waals surface area contributed by atoms with E-state index < -0.39 is 0 Å². The smallest absolute Gasteiger partial charge is 0.227 e. The summed E-state index contributed by atoms with van der Waals surface area (Å²) in [6.45, 7) is 5.14. The molecule has 1 amide bonds. The van der Waals surface area contributed by atoms with E-state index in [1.807, 2.05) is 66.9 Å². The Morgan fingerprint density at radius 1 is 1.19 bits per heavy atom. The van der Waals surface area contributed by atoms with Crippen molar-refractivity contribution < 1.29 is 9.53 Å². The zero-order valence-electron chi connectivity index (χ0n) is 15.0. The number of aryl methyl sites for hydroxylation is 2. The first-order valence-corrected chi connectivity index (χ1v) is 8.64. The topological polar surface area (TPSA) is 69.0 Å². The average Bonchev–Trinajstić information content (AvgIpc) is 3.12. The maximum Gasteiger partial charge on any atom is 0.227 e. The highest BCUT2D eigenvalue weighted by atomic mass is 16.5. The van der Waals surface area contributed by atoms with Crippen LogP contribution in [0.2, 0.25) is 0 Å². The number of aromatic nitrogens is 3. The van der Waals surface area contributed by atoms with Crippen molar-refractivity contribution in [2.24, 2.45) is 0 Å². The van der Waals surface area contributed by atoms with Crippen molar-refractivity contribution in [3.63, 3.8) is 0 Å². The summed E-state index contributed by atoms with van der Waals surface area (Å²) < 4.78 is 7.63. The van der Waals surface area contributed by atoms with E-state index in [-0.39, 0.29) is 12.3 Å². The lowest BCUT2D eigenvalue weighted by atomic mass is 10.2. The fourth-order valence-corrected chi connectivity index (χ4v) is 2.64. The number of ether oxygens (including phenoxy) is 1. The van der Waals surface area contributed by atoms with Gasteiger partial charge < -0.3 is 14.6 Å². The summed E-state index contributed by atoms with van der Waals surface area (Å²) in [6, 6.07) is 15.4. The minimum atomic E-state index is -0.0901. The van der Waals surface area contributed by atoms with E-state index in [4.69, 9.17) is 4.74 Å². The fraction of sp³-hybridized carbons (Fsp3) is 0.250. The molecule has 0 fully saturated rings. The lowest BCUT2D eigenvalue weighted by molar-refractivity contribution is -0.116. The molecule has 0 unspecified atom stereocenters. The number of carbonyl (C=O) groups is 1. The van der Waals surface area contributed by atoms with Crippen LogP contribution in [-0.4, -0.2) is 27.3 Å². The number of rotatable bonds is 7. The Hall–Kier alpha value is -3.15. The molecule has 0 aliphatic carbocycles. The molecule has 0 aliphatic rings. The number of nitrogens with zero attached hydrogens (tertiary/aromatic N) is 3. The number of anilines is 1. The normalized spacial score (nSPS) is 10.5. The molecule has 3 rings (SSSR count). The Morgan fingerprint density at radius 2 is 2.04 bits per heavy atom. The number of benzene rings is 2. The third-order valence-electron chi connectivity index (χ3n) is 4.04. The largest absolute Gasteiger partial charge is 0.493 e. The van der Waals surface area contributed by atoms with Crippen LogP contribution in [0.15, 0.2) is 54.9 Å². The van der Waals surface area contributed by atoms with Gasteiger partial charge in [0.25, 0.3) is 0 Å². The second-order valence-electron chi connectivity index (χ2n) is 5.93. The molecule has 0 bridgehead atoms. The number of para-hydroxylation sites is 1. The van der Waals surface area contributed by atoms with Crippen molar-refractivity contribution in [1.82, 2.24) is 14.8 Å². The Balaban J connectivity index is 1.58. The molecule has 0 saturated heterocycles. The van der Waals surface area contributed by atoms with Crippen LogP contribution in [0.4, 0.5) is 5.69 Å². The van der Waals surface area contributed by atoms with Crippen LogP contribution in [0, 0.1) is 6.92 Å². The summed E-state index contributed by atoms with van der Waals surface area (Å²) >= 11 is 0. The number of hydrogen-bond donors (Lipinski definition) is 1. The second kappa shape index (κ2) is 8.29. The molecule has 0 radical (unpaired) electrons. The van der Waals surface area contributed by atoms with Crippen LogP contribution < -0.4 is 10.1 Å². The second-order valence-corrected chi connectivity index (χ2v) is 5.93. The van der Waals surface area contributed by atoms with E-state index in [1.165, 1.54) is 0 Å². The van der Waals surface area contributed by atoms with E-state index in [0.29, 0.717) is 6.61 Å². The van der Waals surface area contributed by atoms with Crippen molar-refractivity contribution in [2.45, 2.75) is 26.8 Å². The quantitative estimate of drug-likeness (QED) is 0.706. The fourth-order valence-electron chi connectivity index (χ4n) is 2.64. The Morgan fingerprint density at radius 3 is 2.85 bits per heavy atom. The highest BCUT2D eigenvalue weighted by Gasteiger charge is 2.09. The highest BCUT2D eigenvalue weighted by molar-refractivity contribution is 5.91. The van der Waals surface area contributed by atoms with Crippen LogP contribution >= 0.6 is 0 Å². The molecule has 3 aromatic rings. The first-order chi connectivity index (χ1) is 12.7. The van der Waals surface area contributed by atoms with Gasteiger partial charge in [-0.3, -0.25) is 4.79 Å². The molecule has 6 nitrogen and oxygen atoms in total. The molecular weight excluding hydrogens is 328 g/mol. The number of nitrogens with one attached hydrogen (secondary N) is 1. The van der Waals surface area contributed by atoms with Gasteiger partial charge in [0.05, 0.1) is 13.0 Å². The summed E-state index contributed by atoms with van der Waals surface area (Å²) in [5.74, 6) is 1.50. The molecule has 2 aromatic carbocycles. The van der Waals surface area contributed by atoms with Crippen molar-refractivity contribution >= 4 is 11.6 Å². The third kappa shape index (κ3) is 4.27. The molecule has 1 N–H and O–H groups in total. The monoisotopic (exact) mass is 350 g/mol. The van der Waals surface area contributed by atoms with Gasteiger partial charge in [-0.1, -0.05) is 30.3 Å². The van der Waals surface area contributed by atoms with Crippen LogP contribution in [0.3, 0.4) is 0 Å². The van der Waals surface area contributed by atoms with Gasteiger partial charge in [0.15, 0.2) is 5.82 Å². The zero-order valence-corrected chi connectivity index (χ0v) is 15.0. The first-order valence-electron chi connectivity index (χ1n) is 8.64. The average molecular weight is 350 g/mol. The zero-order chi connectivity index (χ0) is 18.4. The minimum Gasteiger partial charge on any atom is -0.493 e. The molecule has 134 valence electrons. The lowest BCUT2D eigenvalue weighted by Gasteiger charge is -2.10. The van der Waals surface area contributed by atoms with Gasteiger partial charge in [-0.05, 0) is 37.6 Å². The summed E-state index contributed by atoms with van der Waals surface area (Å²) in [5, 5.41) is 11.0. The van der Waals surface area contributed by atoms with E-state index in [0.717, 1.165) is 34.9 Å². The number of hydrogen-bond acceptors (Lipinski definition) is 4. The molecule has 26 heavy (non-hydrogen) atoms. The van der Waals surface area contributed by atoms with Crippen molar-refractivity contribution in [3.05, 3.63) is 60.4 Å². The summed E-state index contributed by atoms with van der Waals surface area (Å²) in [4.78, 5) is 12.2. The van der Waals surface area contributed by atoms with Gasteiger partial charge in [-0.25, -0.2) is 0 Å². The maximum absolute atomic E-state index is 12.2. The third-order valence-corrected chi connectivity index (χ3v) is 4.04. The molecule has 0 aliphatic heterocycles. The predicted molar refractivity (Wildman–Crippen MR) is 101 cm³/mol. The Labute approximate surface area is 152 Å². The number of amides is 1. The van der Waals surface area contributed by atoms with Crippen LogP contribution in [0.25, 0.3) is 11.4 Å². The van der Waals surface area contributed by atoms with Gasteiger partial charge >= 0.3 is 0 Å². The summed E-state index contributed by atoms with van der Waals surface area (Å²) in [7, 11) is 0. The lowest BCUT2D eigenvalue weighted by Crippen LogP contribution is -2.15. The highest BCUT2D eigenvalue weighted by Crippen LogP contribution is 2.21. The maximum atomic E-state index is 12.2. The van der Waals surface area contributed by atoms with Gasteiger partial charge in [0.2, 0.25) is 5.91 Å². The standard InChI is InChI=1S/C20H22N4O2/c1-3-24-14-21-23-20(24)16-8-6-9-17(13-16)22-19(25)11-12-26-18-10-5-4-7-15(18)2/h4-10,13-14H,3,11-12H2,1-2H3,(H,22,25). The van der Waals surface area contributed by atoms with E-state index in [9.17, 15) is 4.79 Å². The van der Waals surface area contributed by atoms with Crippen LogP contribution in [-0.2, 0) is 11.3 Å². The Kier molecular flexibility index (Phi) is 5.63. The van der Waals surface area contributed by atoms with Gasteiger partial charge in [0.1, 0.15) is 12.1 Å². The first kappa shape index (κ1) is 17.7. The summed E-state index contributed by atoms with van der Waals surface area (Å²) in [5.41, 5.74) is 2.70. The van der Waals surface area contributed by atoms with Crippen molar-refractivity contribution in [2.75, 3.05) is 11.9 Å². The van der Waals surface area contributed by atoms with Crippen molar-refractivity contribution in [1.29, 1.82) is 0 Å². The Bertz CT molecular complexity index is 889. The molecule has 0 saturated carbocycles. The molecule has 0 spiro atoms. The molecule has 1 heterocycles.